The van der Waals surface area contributed by atoms with E-state index in [2.05, 4.69) is 10.5 Å². The summed E-state index contributed by atoms with van der Waals surface area (Å²) in [5.74, 6) is -0.558. The minimum atomic E-state index is -0.558. The number of benzene rings is 1. The van der Waals surface area contributed by atoms with E-state index in [1.54, 1.807) is 0 Å². The summed E-state index contributed by atoms with van der Waals surface area (Å²) in [6.07, 6.45) is 0.444. The van der Waals surface area contributed by atoms with Crippen LogP contribution in [0.15, 0.2) is 23.3 Å². The van der Waals surface area contributed by atoms with E-state index in [1.807, 2.05) is 0 Å². The molecule has 6 heteroatoms. The van der Waals surface area contributed by atoms with E-state index in [4.69, 9.17) is 10.5 Å². The van der Waals surface area contributed by atoms with Gasteiger partial charge < -0.3 is 0 Å². The highest BCUT2D eigenvalue weighted by Gasteiger charge is 2.02. The summed E-state index contributed by atoms with van der Waals surface area (Å²) >= 11 is 0. The van der Waals surface area contributed by atoms with Gasteiger partial charge in [-0.05, 0) is 18.2 Å². The first-order valence-electron chi connectivity index (χ1n) is 4.10. The van der Waals surface area contributed by atoms with Gasteiger partial charge in [0.15, 0.2) is 6.29 Å². The molecule has 1 N–H and O–H groups in total. The molecule has 16 heavy (non-hydrogen) atoms. The Balaban J connectivity index is 3.00. The summed E-state index contributed by atoms with van der Waals surface area (Å²) in [5.41, 5.74) is 2.23. The van der Waals surface area contributed by atoms with E-state index >= 15 is 0 Å². The van der Waals surface area contributed by atoms with E-state index in [9.17, 15) is 9.18 Å². The van der Waals surface area contributed by atoms with Crippen molar-refractivity contribution >= 4 is 17.7 Å². The first-order valence-corrected chi connectivity index (χ1v) is 4.10. The third-order valence-electron chi connectivity index (χ3n) is 1.64. The van der Waals surface area contributed by atoms with Crippen LogP contribution in [0.1, 0.15) is 10.4 Å². The van der Waals surface area contributed by atoms with Crippen LogP contribution >= 0.6 is 0 Å². The van der Waals surface area contributed by atoms with Crippen LogP contribution in [0.5, 0.6) is 0 Å². The number of aldehydes is 1. The highest BCUT2D eigenvalue weighted by molar-refractivity contribution is 6.10. The highest BCUT2D eigenvalue weighted by atomic mass is 19.1. The summed E-state index contributed by atoms with van der Waals surface area (Å²) in [6.45, 7) is 0. The lowest BCUT2D eigenvalue weighted by molar-refractivity contribution is 0.112. The molecule has 0 saturated heterocycles. The number of anilines is 1. The molecule has 0 amide bonds. The van der Waals surface area contributed by atoms with Gasteiger partial charge in [0.25, 0.3) is 0 Å². The van der Waals surface area contributed by atoms with Gasteiger partial charge in [-0.25, -0.2) is 4.39 Å². The normalized spacial score (nSPS) is 8.44. The molecule has 0 heterocycles. The molecule has 0 aliphatic carbocycles. The summed E-state index contributed by atoms with van der Waals surface area (Å²) in [4.78, 5) is 10.6. The van der Waals surface area contributed by atoms with E-state index in [1.165, 1.54) is 18.2 Å². The molecule has 0 saturated carbocycles. The monoisotopic (exact) mass is 216 g/mol. The Labute approximate surface area is 90.4 Å². The minimum absolute atomic E-state index is 0.0546. The largest absolute Gasteiger partial charge is 0.298 e. The third-order valence-corrected chi connectivity index (χ3v) is 1.64. The first kappa shape index (κ1) is 11.3. The van der Waals surface area contributed by atoms with Crippen molar-refractivity contribution in [2.75, 3.05) is 5.43 Å². The molecule has 0 aromatic heterocycles. The zero-order chi connectivity index (χ0) is 12.0. The third kappa shape index (κ3) is 2.63. The number of nitrogens with one attached hydrogen (secondary N) is 1. The first-order chi connectivity index (χ1) is 7.71. The van der Waals surface area contributed by atoms with Crippen LogP contribution in [0.25, 0.3) is 0 Å². The smallest absolute Gasteiger partial charge is 0.237 e. The second-order valence-corrected chi connectivity index (χ2v) is 2.65. The zero-order valence-corrected chi connectivity index (χ0v) is 7.94. The Hall–Kier alpha value is -2.73. The number of carbonyl (C=O) groups excluding carboxylic acids is 1. The molecular weight excluding hydrogens is 211 g/mol. The number of hydrogen-bond acceptors (Lipinski definition) is 5. The van der Waals surface area contributed by atoms with Gasteiger partial charge in [0, 0.05) is 5.56 Å². The van der Waals surface area contributed by atoms with Crippen molar-refractivity contribution < 1.29 is 9.18 Å². The van der Waals surface area contributed by atoms with Crippen molar-refractivity contribution in [1.29, 1.82) is 10.5 Å². The summed E-state index contributed by atoms with van der Waals surface area (Å²) < 4.78 is 12.7. The lowest BCUT2D eigenvalue weighted by Gasteiger charge is -2.02. The fourth-order valence-electron chi connectivity index (χ4n) is 0.924. The lowest BCUT2D eigenvalue weighted by Crippen LogP contribution is -1.99. The number of nitrogens with zero attached hydrogens (tertiary/aromatic N) is 3. The molecule has 0 aliphatic heterocycles. The maximum atomic E-state index is 12.7. The van der Waals surface area contributed by atoms with Crippen molar-refractivity contribution in [2.24, 2.45) is 5.10 Å². The van der Waals surface area contributed by atoms with Crippen molar-refractivity contribution in [1.82, 2.24) is 0 Å². The zero-order valence-electron chi connectivity index (χ0n) is 7.94. The van der Waals surface area contributed by atoms with Crippen LogP contribution in [-0.4, -0.2) is 12.0 Å². The summed E-state index contributed by atoms with van der Waals surface area (Å²) in [5, 5.41) is 20.2. The molecular formula is C10H5FN4O. The van der Waals surface area contributed by atoms with Crippen molar-refractivity contribution in [2.45, 2.75) is 0 Å². The number of carbonyl (C=O) groups is 1. The Kier molecular flexibility index (Phi) is 3.71. The van der Waals surface area contributed by atoms with Gasteiger partial charge in [-0.15, -0.1) is 0 Å². The van der Waals surface area contributed by atoms with Crippen molar-refractivity contribution in [3.05, 3.63) is 29.6 Å². The van der Waals surface area contributed by atoms with Gasteiger partial charge in [0.1, 0.15) is 18.0 Å². The number of hydrazone groups is 1. The van der Waals surface area contributed by atoms with Gasteiger partial charge >= 0.3 is 0 Å². The van der Waals surface area contributed by atoms with Gasteiger partial charge in [0.05, 0.1) is 5.69 Å². The van der Waals surface area contributed by atoms with Crippen LogP contribution in [0.3, 0.4) is 0 Å². The average molecular weight is 216 g/mol. The van der Waals surface area contributed by atoms with E-state index < -0.39 is 5.82 Å². The van der Waals surface area contributed by atoms with Crippen LogP contribution in [0.4, 0.5) is 10.1 Å². The van der Waals surface area contributed by atoms with Gasteiger partial charge in [-0.3, -0.25) is 10.2 Å². The molecule has 0 aliphatic rings. The predicted molar refractivity (Wildman–Crippen MR) is 54.1 cm³/mol. The standard InChI is InChI=1S/C10H5FN4O/c11-8-1-2-10(7(3-8)6-16)15-14-9(4-12)5-13/h1-3,6,15H. The maximum Gasteiger partial charge on any atom is 0.237 e. The van der Waals surface area contributed by atoms with Crippen LogP contribution < -0.4 is 5.43 Å². The number of nitriles is 2. The minimum Gasteiger partial charge on any atom is -0.298 e. The SMILES string of the molecule is N#CC(C#N)=NNc1ccc(F)cc1C=O. The average Bonchev–Trinajstić information content (AvgIpc) is 2.31. The van der Waals surface area contributed by atoms with Gasteiger partial charge in [-0.1, -0.05) is 0 Å². The molecule has 0 fully saturated rings. The number of rotatable bonds is 3. The molecule has 1 aromatic rings. The molecule has 5 nitrogen and oxygen atoms in total. The van der Waals surface area contributed by atoms with Crippen molar-refractivity contribution in [3.63, 3.8) is 0 Å². The molecule has 0 unspecified atom stereocenters. The summed E-state index contributed by atoms with van der Waals surface area (Å²) in [7, 11) is 0. The Morgan fingerprint density at radius 2 is 2.12 bits per heavy atom. The second-order valence-electron chi connectivity index (χ2n) is 2.65. The topological polar surface area (TPSA) is 89.0 Å². The highest BCUT2D eigenvalue weighted by Crippen LogP contribution is 2.14. The summed E-state index contributed by atoms with van der Waals surface area (Å²) in [6, 6.07) is 6.50. The van der Waals surface area contributed by atoms with Crippen molar-refractivity contribution in [3.8, 4) is 12.1 Å². The molecule has 0 atom stereocenters. The van der Waals surface area contributed by atoms with Gasteiger partial charge in [0.2, 0.25) is 5.71 Å². The Morgan fingerprint density at radius 3 is 2.69 bits per heavy atom. The van der Waals surface area contributed by atoms with Gasteiger partial charge in [-0.2, -0.15) is 15.6 Å². The molecule has 0 spiro atoms. The predicted octanol–water partition coefficient (Wildman–Crippen LogP) is 1.45. The molecule has 78 valence electrons. The molecule has 0 radical (unpaired) electrons. The Morgan fingerprint density at radius 1 is 1.44 bits per heavy atom. The lowest BCUT2D eigenvalue weighted by atomic mass is 10.2. The van der Waals surface area contributed by atoms with Crippen LogP contribution in [0.2, 0.25) is 0 Å². The molecule has 1 aromatic carbocycles. The van der Waals surface area contributed by atoms with Crippen LogP contribution in [-0.2, 0) is 0 Å². The molecule has 1 rings (SSSR count). The fraction of sp³-hybridized carbons (Fsp3) is 0. The number of halogens is 1. The quantitative estimate of drug-likeness (QED) is 0.470. The van der Waals surface area contributed by atoms with E-state index in [0.29, 0.717) is 6.29 Å². The second kappa shape index (κ2) is 5.23. The fourth-order valence-corrected chi connectivity index (χ4v) is 0.924. The maximum absolute atomic E-state index is 12.7. The van der Waals surface area contributed by atoms with Crippen LogP contribution in [0, 0.1) is 28.5 Å². The molecule has 0 bridgehead atoms. The number of hydrogen-bond donors (Lipinski definition) is 1. The van der Waals surface area contributed by atoms with E-state index in [-0.39, 0.29) is 17.0 Å². The van der Waals surface area contributed by atoms with E-state index in [0.717, 1.165) is 12.1 Å². The Bertz CT molecular complexity index is 509.